The van der Waals surface area contributed by atoms with Gasteiger partial charge in [0.2, 0.25) is 0 Å². The number of amides is 1. The zero-order valence-electron chi connectivity index (χ0n) is 9.49. The summed E-state index contributed by atoms with van der Waals surface area (Å²) in [5.74, 6) is 0. The van der Waals surface area contributed by atoms with Gasteiger partial charge in [-0.2, -0.15) is 0 Å². The van der Waals surface area contributed by atoms with Crippen molar-refractivity contribution >= 4 is 44.9 Å². The highest BCUT2D eigenvalue weighted by atomic mass is 79.9. The van der Waals surface area contributed by atoms with Gasteiger partial charge in [0.25, 0.3) is 0 Å². The molecule has 0 saturated heterocycles. The molecular weight excluding hydrogens is 304 g/mol. The molecule has 0 fully saturated rings. The minimum atomic E-state index is -0.528. The molecule has 0 aliphatic carbocycles. The van der Waals surface area contributed by atoms with E-state index >= 15 is 0 Å². The van der Waals surface area contributed by atoms with Gasteiger partial charge in [-0.25, -0.2) is 4.79 Å². The van der Waals surface area contributed by atoms with Crippen LogP contribution in [0.25, 0.3) is 0 Å². The van der Waals surface area contributed by atoms with Crippen LogP contribution >= 0.6 is 28.1 Å². The van der Waals surface area contributed by atoms with Crippen LogP contribution in [0.15, 0.2) is 22.7 Å². The molecule has 1 aromatic carbocycles. The topological polar surface area (TPSA) is 64.3 Å². The molecule has 1 rings (SSSR count). The van der Waals surface area contributed by atoms with Crippen molar-refractivity contribution in [3.8, 4) is 0 Å². The summed E-state index contributed by atoms with van der Waals surface area (Å²) in [7, 11) is 0. The second kappa shape index (κ2) is 5.97. The fourth-order valence-electron chi connectivity index (χ4n) is 1.18. The van der Waals surface area contributed by atoms with Crippen molar-refractivity contribution in [2.75, 3.05) is 5.32 Å². The maximum Gasteiger partial charge on any atom is 0.411 e. The fraction of sp³-hybridized carbons (Fsp3) is 0.273. The Labute approximate surface area is 114 Å². The maximum absolute atomic E-state index is 11.5. The first-order chi connectivity index (χ1) is 7.90. The number of nitrogens with two attached hydrogens (primary N) is 1. The van der Waals surface area contributed by atoms with E-state index in [0.717, 1.165) is 4.47 Å². The number of anilines is 1. The van der Waals surface area contributed by atoms with Crippen molar-refractivity contribution < 1.29 is 9.53 Å². The van der Waals surface area contributed by atoms with Crippen LogP contribution in [-0.2, 0) is 4.74 Å². The summed E-state index contributed by atoms with van der Waals surface area (Å²) < 4.78 is 5.81. The van der Waals surface area contributed by atoms with E-state index in [1.165, 1.54) is 0 Å². The SMILES string of the molecule is CC(C)OC(=O)Nc1ccc(Br)cc1C(N)=S. The molecule has 0 spiro atoms. The summed E-state index contributed by atoms with van der Waals surface area (Å²) in [6.45, 7) is 3.55. The van der Waals surface area contributed by atoms with Crippen molar-refractivity contribution in [1.29, 1.82) is 0 Å². The molecular formula is C11H13BrN2O2S. The van der Waals surface area contributed by atoms with Crippen LogP contribution in [0.1, 0.15) is 19.4 Å². The number of hydrogen-bond donors (Lipinski definition) is 2. The van der Waals surface area contributed by atoms with Crippen molar-refractivity contribution in [3.63, 3.8) is 0 Å². The second-order valence-electron chi connectivity index (χ2n) is 3.63. The number of benzene rings is 1. The van der Waals surface area contributed by atoms with Gasteiger partial charge in [-0.05, 0) is 32.0 Å². The standard InChI is InChI=1S/C11H13BrN2O2S/c1-6(2)16-11(15)14-9-4-3-7(12)5-8(9)10(13)17/h3-6H,1-2H3,(H2,13,17)(H,14,15). The summed E-state index contributed by atoms with van der Waals surface area (Å²) in [6, 6.07) is 5.24. The highest BCUT2D eigenvalue weighted by molar-refractivity contribution is 9.10. The summed E-state index contributed by atoms with van der Waals surface area (Å²) in [6.07, 6.45) is -0.710. The van der Waals surface area contributed by atoms with Crippen LogP contribution in [0.5, 0.6) is 0 Å². The van der Waals surface area contributed by atoms with Gasteiger partial charge in [0.05, 0.1) is 11.8 Å². The van der Waals surface area contributed by atoms with E-state index in [1.54, 1.807) is 32.0 Å². The lowest BCUT2D eigenvalue weighted by Gasteiger charge is -2.12. The molecule has 0 heterocycles. The average Bonchev–Trinajstić information content (AvgIpc) is 2.19. The van der Waals surface area contributed by atoms with E-state index in [1.807, 2.05) is 0 Å². The molecule has 6 heteroatoms. The normalized spacial score (nSPS) is 10.1. The zero-order valence-corrected chi connectivity index (χ0v) is 11.9. The molecule has 0 unspecified atom stereocenters. The highest BCUT2D eigenvalue weighted by Gasteiger charge is 2.11. The molecule has 3 N–H and O–H groups in total. The third-order valence-electron chi connectivity index (χ3n) is 1.83. The molecule has 0 atom stereocenters. The van der Waals surface area contributed by atoms with Gasteiger partial charge in [0, 0.05) is 10.0 Å². The molecule has 92 valence electrons. The Morgan fingerprint density at radius 2 is 2.18 bits per heavy atom. The third-order valence-corrected chi connectivity index (χ3v) is 2.54. The molecule has 0 radical (unpaired) electrons. The van der Waals surface area contributed by atoms with E-state index in [-0.39, 0.29) is 11.1 Å². The Morgan fingerprint density at radius 3 is 2.71 bits per heavy atom. The molecule has 4 nitrogen and oxygen atoms in total. The Morgan fingerprint density at radius 1 is 1.53 bits per heavy atom. The molecule has 0 aliphatic heterocycles. The fourth-order valence-corrected chi connectivity index (χ4v) is 1.71. The first-order valence-electron chi connectivity index (χ1n) is 4.97. The number of halogens is 1. The van der Waals surface area contributed by atoms with Crippen LogP contribution in [-0.4, -0.2) is 17.2 Å². The quantitative estimate of drug-likeness (QED) is 0.841. The number of thiocarbonyl (C=S) groups is 1. The van der Waals surface area contributed by atoms with Crippen LogP contribution in [0, 0.1) is 0 Å². The number of hydrogen-bond acceptors (Lipinski definition) is 3. The molecule has 0 bridgehead atoms. The van der Waals surface area contributed by atoms with Crippen molar-refractivity contribution in [1.82, 2.24) is 0 Å². The van der Waals surface area contributed by atoms with Crippen molar-refractivity contribution in [3.05, 3.63) is 28.2 Å². The summed E-state index contributed by atoms with van der Waals surface area (Å²) >= 11 is 8.23. The third kappa shape index (κ3) is 4.32. The number of nitrogens with one attached hydrogen (secondary N) is 1. The molecule has 17 heavy (non-hydrogen) atoms. The van der Waals surface area contributed by atoms with Gasteiger partial charge in [-0.3, -0.25) is 5.32 Å². The lowest BCUT2D eigenvalue weighted by atomic mass is 10.2. The first kappa shape index (κ1) is 13.9. The van der Waals surface area contributed by atoms with Gasteiger partial charge in [-0.15, -0.1) is 0 Å². The van der Waals surface area contributed by atoms with Gasteiger partial charge in [0.1, 0.15) is 4.99 Å². The molecule has 1 amide bonds. The molecule has 0 saturated carbocycles. The zero-order chi connectivity index (χ0) is 13.0. The summed E-state index contributed by atoms with van der Waals surface area (Å²) in [4.78, 5) is 11.7. The van der Waals surface area contributed by atoms with Gasteiger partial charge >= 0.3 is 6.09 Å². The number of carbonyl (C=O) groups excluding carboxylic acids is 1. The summed E-state index contributed by atoms with van der Waals surface area (Å²) in [5.41, 5.74) is 6.71. The van der Waals surface area contributed by atoms with Crippen molar-refractivity contribution in [2.24, 2.45) is 5.73 Å². The number of carbonyl (C=O) groups is 1. The van der Waals surface area contributed by atoms with Crippen LogP contribution < -0.4 is 11.1 Å². The molecule has 1 aromatic rings. The Hall–Kier alpha value is -1.14. The van der Waals surface area contributed by atoms with Crippen molar-refractivity contribution in [2.45, 2.75) is 20.0 Å². The Kier molecular flexibility index (Phi) is 4.89. The molecule has 0 aromatic heterocycles. The first-order valence-corrected chi connectivity index (χ1v) is 6.17. The van der Waals surface area contributed by atoms with Gasteiger partial charge in [0.15, 0.2) is 0 Å². The lowest BCUT2D eigenvalue weighted by molar-refractivity contribution is 0.130. The Bertz CT molecular complexity index is 449. The van der Waals surface area contributed by atoms with Gasteiger partial charge < -0.3 is 10.5 Å². The predicted molar refractivity (Wildman–Crippen MR) is 75.3 cm³/mol. The summed E-state index contributed by atoms with van der Waals surface area (Å²) in [5, 5.41) is 2.60. The van der Waals surface area contributed by atoms with E-state index in [0.29, 0.717) is 11.3 Å². The lowest BCUT2D eigenvalue weighted by Crippen LogP contribution is -2.20. The number of ether oxygens (including phenoxy) is 1. The maximum atomic E-state index is 11.5. The van der Waals surface area contributed by atoms with Crippen LogP contribution in [0.2, 0.25) is 0 Å². The van der Waals surface area contributed by atoms with E-state index < -0.39 is 6.09 Å². The number of rotatable bonds is 3. The average molecular weight is 317 g/mol. The van der Waals surface area contributed by atoms with Gasteiger partial charge in [-0.1, -0.05) is 28.1 Å². The minimum absolute atomic E-state index is 0.182. The minimum Gasteiger partial charge on any atom is -0.447 e. The van der Waals surface area contributed by atoms with E-state index in [4.69, 9.17) is 22.7 Å². The predicted octanol–water partition coefficient (Wildman–Crippen LogP) is 3.04. The van der Waals surface area contributed by atoms with E-state index in [2.05, 4.69) is 21.2 Å². The second-order valence-corrected chi connectivity index (χ2v) is 4.99. The van der Waals surface area contributed by atoms with Crippen LogP contribution in [0.4, 0.5) is 10.5 Å². The largest absolute Gasteiger partial charge is 0.447 e. The van der Waals surface area contributed by atoms with E-state index in [9.17, 15) is 4.79 Å². The molecule has 0 aliphatic rings. The Balaban J connectivity index is 2.91. The smallest absolute Gasteiger partial charge is 0.411 e. The highest BCUT2D eigenvalue weighted by Crippen LogP contribution is 2.21. The monoisotopic (exact) mass is 316 g/mol. The van der Waals surface area contributed by atoms with Crippen LogP contribution in [0.3, 0.4) is 0 Å².